The summed E-state index contributed by atoms with van der Waals surface area (Å²) in [6, 6.07) is 11.1. The maximum absolute atomic E-state index is 12.0. The van der Waals surface area contributed by atoms with Gasteiger partial charge in [0.05, 0.1) is 25.4 Å². The summed E-state index contributed by atoms with van der Waals surface area (Å²) >= 11 is 0. The van der Waals surface area contributed by atoms with E-state index in [1.807, 2.05) is 24.3 Å². The molecule has 0 aliphatic heterocycles. The Bertz CT molecular complexity index is 582. The Morgan fingerprint density at radius 2 is 2.00 bits per heavy atom. The molecule has 2 aromatic rings. The summed E-state index contributed by atoms with van der Waals surface area (Å²) in [4.78, 5) is 16.0. The minimum Gasteiger partial charge on any atom is -0.481 e. The Labute approximate surface area is 117 Å². The molecule has 0 aliphatic carbocycles. The van der Waals surface area contributed by atoms with Gasteiger partial charge in [-0.15, -0.1) is 0 Å². The minimum absolute atomic E-state index is 0.0992. The molecule has 0 radical (unpaired) electrons. The molecule has 0 aliphatic rings. The number of amides is 1. The highest BCUT2D eigenvalue weighted by molar-refractivity contribution is 5.92. The number of carbonyl (C=O) groups is 1. The zero-order valence-electron chi connectivity index (χ0n) is 11.3. The van der Waals surface area contributed by atoms with Crippen molar-refractivity contribution in [1.82, 2.24) is 4.98 Å². The SMILES string of the molecule is COc1ccc(NC(=O)Cc2ccccc2CN)cn1. The van der Waals surface area contributed by atoms with Gasteiger partial charge in [-0.1, -0.05) is 24.3 Å². The second kappa shape index (κ2) is 6.68. The summed E-state index contributed by atoms with van der Waals surface area (Å²) < 4.78 is 4.96. The number of carbonyl (C=O) groups excluding carboxylic acids is 1. The van der Waals surface area contributed by atoms with Gasteiger partial charge in [0.2, 0.25) is 11.8 Å². The molecule has 0 bridgehead atoms. The molecule has 1 amide bonds. The van der Waals surface area contributed by atoms with Crippen molar-refractivity contribution in [2.45, 2.75) is 13.0 Å². The Kier molecular flexibility index (Phi) is 4.68. The van der Waals surface area contributed by atoms with Crippen LogP contribution in [0, 0.1) is 0 Å². The molecule has 0 atom stereocenters. The zero-order valence-corrected chi connectivity index (χ0v) is 11.3. The van der Waals surface area contributed by atoms with Gasteiger partial charge in [0.1, 0.15) is 0 Å². The number of hydrogen-bond acceptors (Lipinski definition) is 4. The lowest BCUT2D eigenvalue weighted by Gasteiger charge is -2.08. The van der Waals surface area contributed by atoms with Crippen LogP contribution < -0.4 is 15.8 Å². The van der Waals surface area contributed by atoms with E-state index in [2.05, 4.69) is 10.3 Å². The smallest absolute Gasteiger partial charge is 0.228 e. The second-order valence-electron chi connectivity index (χ2n) is 4.29. The van der Waals surface area contributed by atoms with Gasteiger partial charge in [-0.3, -0.25) is 4.79 Å². The van der Waals surface area contributed by atoms with Gasteiger partial charge < -0.3 is 15.8 Å². The third-order valence-electron chi connectivity index (χ3n) is 2.92. The lowest BCUT2D eigenvalue weighted by molar-refractivity contribution is -0.115. The first kappa shape index (κ1) is 14.0. The lowest BCUT2D eigenvalue weighted by atomic mass is 10.0. The molecule has 5 heteroatoms. The number of methoxy groups -OCH3 is 1. The van der Waals surface area contributed by atoms with E-state index in [0.717, 1.165) is 11.1 Å². The molecule has 0 spiro atoms. The molecule has 2 rings (SSSR count). The second-order valence-corrected chi connectivity index (χ2v) is 4.29. The van der Waals surface area contributed by atoms with Crippen LogP contribution in [-0.4, -0.2) is 18.0 Å². The fourth-order valence-corrected chi connectivity index (χ4v) is 1.88. The van der Waals surface area contributed by atoms with E-state index in [-0.39, 0.29) is 5.91 Å². The van der Waals surface area contributed by atoms with Crippen LogP contribution in [0.4, 0.5) is 5.69 Å². The van der Waals surface area contributed by atoms with Crippen molar-refractivity contribution in [3.8, 4) is 5.88 Å². The van der Waals surface area contributed by atoms with Crippen LogP contribution in [0.1, 0.15) is 11.1 Å². The molecular formula is C15H17N3O2. The van der Waals surface area contributed by atoms with Gasteiger partial charge in [0.15, 0.2) is 0 Å². The summed E-state index contributed by atoms with van der Waals surface area (Å²) in [6.45, 7) is 0.424. The minimum atomic E-state index is -0.0992. The summed E-state index contributed by atoms with van der Waals surface area (Å²) in [5, 5.41) is 2.80. The number of nitrogens with two attached hydrogens (primary N) is 1. The Hall–Kier alpha value is -2.40. The van der Waals surface area contributed by atoms with E-state index in [1.165, 1.54) is 0 Å². The zero-order chi connectivity index (χ0) is 14.4. The van der Waals surface area contributed by atoms with Crippen LogP contribution in [0.5, 0.6) is 5.88 Å². The monoisotopic (exact) mass is 271 g/mol. The number of benzene rings is 1. The molecular weight excluding hydrogens is 254 g/mol. The summed E-state index contributed by atoms with van der Waals surface area (Å²) in [5.74, 6) is 0.411. The van der Waals surface area contributed by atoms with E-state index in [1.54, 1.807) is 25.4 Å². The number of nitrogens with zero attached hydrogens (tertiary/aromatic N) is 1. The van der Waals surface area contributed by atoms with Gasteiger partial charge >= 0.3 is 0 Å². The predicted molar refractivity (Wildman–Crippen MR) is 77.5 cm³/mol. The lowest BCUT2D eigenvalue weighted by Crippen LogP contribution is -2.16. The van der Waals surface area contributed by atoms with Gasteiger partial charge in [-0.05, 0) is 17.2 Å². The van der Waals surface area contributed by atoms with E-state index >= 15 is 0 Å². The molecule has 1 heterocycles. The number of hydrogen-bond donors (Lipinski definition) is 2. The molecule has 5 nitrogen and oxygen atoms in total. The molecule has 1 aromatic carbocycles. The largest absolute Gasteiger partial charge is 0.481 e. The van der Waals surface area contributed by atoms with Crippen molar-refractivity contribution in [1.29, 1.82) is 0 Å². The van der Waals surface area contributed by atoms with Crippen LogP contribution in [0.15, 0.2) is 42.6 Å². The highest BCUT2D eigenvalue weighted by Gasteiger charge is 2.07. The highest BCUT2D eigenvalue weighted by atomic mass is 16.5. The van der Waals surface area contributed by atoms with Crippen LogP contribution in [0.3, 0.4) is 0 Å². The summed E-state index contributed by atoms with van der Waals surface area (Å²) in [7, 11) is 1.55. The number of rotatable bonds is 5. The van der Waals surface area contributed by atoms with E-state index in [0.29, 0.717) is 24.5 Å². The van der Waals surface area contributed by atoms with Crippen molar-refractivity contribution < 1.29 is 9.53 Å². The fourth-order valence-electron chi connectivity index (χ4n) is 1.88. The molecule has 0 saturated carbocycles. The summed E-state index contributed by atoms with van der Waals surface area (Å²) in [6.07, 6.45) is 1.85. The average molecular weight is 271 g/mol. The van der Waals surface area contributed by atoms with Crippen LogP contribution in [-0.2, 0) is 17.8 Å². The Morgan fingerprint density at radius 3 is 2.60 bits per heavy atom. The quantitative estimate of drug-likeness (QED) is 0.868. The van der Waals surface area contributed by atoms with E-state index in [4.69, 9.17) is 10.5 Å². The molecule has 20 heavy (non-hydrogen) atoms. The van der Waals surface area contributed by atoms with Gasteiger partial charge in [0.25, 0.3) is 0 Å². The topological polar surface area (TPSA) is 77.2 Å². The van der Waals surface area contributed by atoms with Crippen molar-refractivity contribution in [3.05, 3.63) is 53.7 Å². The number of ether oxygens (including phenoxy) is 1. The average Bonchev–Trinajstić information content (AvgIpc) is 2.48. The van der Waals surface area contributed by atoms with Crippen LogP contribution in [0.25, 0.3) is 0 Å². The Balaban J connectivity index is 2.01. The first-order valence-electron chi connectivity index (χ1n) is 6.29. The van der Waals surface area contributed by atoms with E-state index < -0.39 is 0 Å². The molecule has 0 fully saturated rings. The molecule has 0 saturated heterocycles. The highest BCUT2D eigenvalue weighted by Crippen LogP contribution is 2.13. The first-order valence-corrected chi connectivity index (χ1v) is 6.29. The molecule has 1 aromatic heterocycles. The summed E-state index contributed by atoms with van der Waals surface area (Å²) in [5.41, 5.74) is 8.22. The Morgan fingerprint density at radius 1 is 1.25 bits per heavy atom. The van der Waals surface area contributed by atoms with Gasteiger partial charge in [0, 0.05) is 12.6 Å². The normalized spacial score (nSPS) is 10.1. The third kappa shape index (κ3) is 3.55. The number of nitrogens with one attached hydrogen (secondary N) is 1. The van der Waals surface area contributed by atoms with Crippen LogP contribution >= 0.6 is 0 Å². The predicted octanol–water partition coefficient (Wildman–Crippen LogP) is 1.73. The number of anilines is 1. The fraction of sp³-hybridized carbons (Fsp3) is 0.200. The van der Waals surface area contributed by atoms with Gasteiger partial charge in [-0.25, -0.2) is 4.98 Å². The van der Waals surface area contributed by atoms with Crippen molar-refractivity contribution in [2.75, 3.05) is 12.4 Å². The van der Waals surface area contributed by atoms with Crippen LogP contribution in [0.2, 0.25) is 0 Å². The molecule has 3 N–H and O–H groups in total. The maximum atomic E-state index is 12.0. The number of pyridine rings is 1. The van der Waals surface area contributed by atoms with E-state index in [9.17, 15) is 4.79 Å². The van der Waals surface area contributed by atoms with Crippen molar-refractivity contribution in [3.63, 3.8) is 0 Å². The molecule has 104 valence electrons. The standard InChI is InChI=1S/C15H17N3O2/c1-20-15-7-6-13(10-17-15)18-14(19)8-11-4-2-3-5-12(11)9-16/h2-7,10H,8-9,16H2,1H3,(H,18,19). The van der Waals surface area contributed by atoms with Crippen molar-refractivity contribution >= 4 is 11.6 Å². The van der Waals surface area contributed by atoms with Crippen molar-refractivity contribution in [2.24, 2.45) is 5.73 Å². The maximum Gasteiger partial charge on any atom is 0.228 e. The van der Waals surface area contributed by atoms with Gasteiger partial charge in [-0.2, -0.15) is 0 Å². The third-order valence-corrected chi connectivity index (χ3v) is 2.92. The molecule has 0 unspecified atom stereocenters. The first-order chi connectivity index (χ1) is 9.72. The number of aromatic nitrogens is 1.